The lowest BCUT2D eigenvalue weighted by molar-refractivity contribution is 0.240. The van der Waals surface area contributed by atoms with Crippen LogP contribution in [0.1, 0.15) is 10.4 Å². The fourth-order valence-electron chi connectivity index (χ4n) is 1.46. The Hall–Kier alpha value is -1.04. The van der Waals surface area contributed by atoms with Crippen molar-refractivity contribution in [3.8, 4) is 0 Å². The Labute approximate surface area is 129 Å². The van der Waals surface area contributed by atoms with E-state index in [1.165, 1.54) is 0 Å². The highest BCUT2D eigenvalue weighted by atomic mass is 79.9. The molecule has 0 saturated heterocycles. The quantitative estimate of drug-likeness (QED) is 0.845. The SMILES string of the molecule is O=C(NCc1ccc(Cl)cc1)NCc1cc(Br)cs1. The third kappa shape index (κ3) is 4.86. The molecule has 0 aliphatic rings. The van der Waals surface area contributed by atoms with Crippen LogP contribution in [0.15, 0.2) is 40.2 Å². The van der Waals surface area contributed by atoms with Gasteiger partial charge in [0.05, 0.1) is 6.54 Å². The Morgan fingerprint density at radius 3 is 2.53 bits per heavy atom. The Kier molecular flexibility index (Phi) is 5.24. The molecular weight excluding hydrogens is 348 g/mol. The molecule has 0 atom stereocenters. The molecule has 1 aromatic carbocycles. The van der Waals surface area contributed by atoms with Gasteiger partial charge >= 0.3 is 6.03 Å². The van der Waals surface area contributed by atoms with E-state index in [9.17, 15) is 4.79 Å². The number of thiophene rings is 1. The molecule has 0 aliphatic carbocycles. The van der Waals surface area contributed by atoms with E-state index in [-0.39, 0.29) is 6.03 Å². The maximum atomic E-state index is 11.6. The smallest absolute Gasteiger partial charge is 0.315 e. The van der Waals surface area contributed by atoms with E-state index in [0.29, 0.717) is 18.1 Å². The summed E-state index contributed by atoms with van der Waals surface area (Å²) in [6, 6.07) is 9.20. The van der Waals surface area contributed by atoms with E-state index in [4.69, 9.17) is 11.6 Å². The Bertz CT molecular complexity index is 556. The Morgan fingerprint density at radius 1 is 1.21 bits per heavy atom. The first-order valence-corrected chi connectivity index (χ1v) is 7.67. The number of urea groups is 1. The number of hydrogen-bond donors (Lipinski definition) is 2. The van der Waals surface area contributed by atoms with E-state index in [2.05, 4.69) is 26.6 Å². The predicted molar refractivity (Wildman–Crippen MR) is 82.5 cm³/mol. The van der Waals surface area contributed by atoms with Crippen molar-refractivity contribution in [1.29, 1.82) is 0 Å². The highest BCUT2D eigenvalue weighted by molar-refractivity contribution is 9.10. The largest absolute Gasteiger partial charge is 0.334 e. The second kappa shape index (κ2) is 6.93. The molecule has 0 unspecified atom stereocenters. The summed E-state index contributed by atoms with van der Waals surface area (Å²) in [7, 11) is 0. The molecule has 6 heteroatoms. The summed E-state index contributed by atoms with van der Waals surface area (Å²) in [4.78, 5) is 12.7. The molecule has 2 amide bonds. The number of halogens is 2. The zero-order valence-electron chi connectivity index (χ0n) is 9.95. The van der Waals surface area contributed by atoms with Crippen LogP contribution >= 0.6 is 38.9 Å². The summed E-state index contributed by atoms with van der Waals surface area (Å²) in [5.74, 6) is 0. The molecule has 0 radical (unpaired) electrons. The maximum absolute atomic E-state index is 11.6. The van der Waals surface area contributed by atoms with E-state index < -0.39 is 0 Å². The molecule has 1 heterocycles. The Morgan fingerprint density at radius 2 is 1.89 bits per heavy atom. The van der Waals surface area contributed by atoms with Crippen LogP contribution in [0.25, 0.3) is 0 Å². The van der Waals surface area contributed by atoms with E-state index in [1.807, 2.05) is 23.6 Å². The highest BCUT2D eigenvalue weighted by Crippen LogP contribution is 2.19. The first-order chi connectivity index (χ1) is 9.13. The van der Waals surface area contributed by atoms with Crippen LogP contribution in [0.3, 0.4) is 0 Å². The second-order valence-corrected chi connectivity index (χ2v) is 6.24. The van der Waals surface area contributed by atoms with E-state index in [1.54, 1.807) is 23.5 Å². The third-order valence-corrected chi connectivity index (χ3v) is 4.36. The van der Waals surface area contributed by atoms with Crippen LogP contribution in [0.2, 0.25) is 5.02 Å². The van der Waals surface area contributed by atoms with Gasteiger partial charge in [0.25, 0.3) is 0 Å². The van der Waals surface area contributed by atoms with Crippen molar-refractivity contribution in [2.75, 3.05) is 0 Å². The molecule has 0 bridgehead atoms. The standard InChI is InChI=1S/C13H12BrClN2OS/c14-10-5-12(19-8-10)7-17-13(18)16-6-9-1-3-11(15)4-2-9/h1-5,8H,6-7H2,(H2,16,17,18). The molecule has 0 saturated carbocycles. The molecule has 2 N–H and O–H groups in total. The van der Waals surface area contributed by atoms with Crippen LogP contribution in [-0.2, 0) is 13.1 Å². The van der Waals surface area contributed by atoms with Gasteiger partial charge in [0.2, 0.25) is 0 Å². The normalized spacial score (nSPS) is 10.2. The van der Waals surface area contributed by atoms with Gasteiger partial charge in [-0.05, 0) is 39.7 Å². The summed E-state index contributed by atoms with van der Waals surface area (Å²) in [6.45, 7) is 1.01. The van der Waals surface area contributed by atoms with Crippen LogP contribution < -0.4 is 10.6 Å². The number of carbonyl (C=O) groups excluding carboxylic acids is 1. The van der Waals surface area contributed by atoms with Crippen molar-refractivity contribution in [3.05, 3.63) is 55.6 Å². The second-order valence-electron chi connectivity index (χ2n) is 3.89. The lowest BCUT2D eigenvalue weighted by Crippen LogP contribution is -2.34. The summed E-state index contributed by atoms with van der Waals surface area (Å²) < 4.78 is 1.04. The molecule has 0 fully saturated rings. The van der Waals surface area contributed by atoms with Gasteiger partial charge in [-0.15, -0.1) is 11.3 Å². The number of rotatable bonds is 4. The number of amides is 2. The molecule has 19 heavy (non-hydrogen) atoms. The van der Waals surface area contributed by atoms with Crippen LogP contribution in [0.4, 0.5) is 4.79 Å². The summed E-state index contributed by atoms with van der Waals surface area (Å²) in [5.41, 5.74) is 1.01. The van der Waals surface area contributed by atoms with Crippen molar-refractivity contribution >= 4 is 44.9 Å². The van der Waals surface area contributed by atoms with Gasteiger partial charge in [-0.2, -0.15) is 0 Å². The third-order valence-electron chi connectivity index (χ3n) is 2.41. The summed E-state index contributed by atoms with van der Waals surface area (Å²) >= 11 is 10.8. The minimum atomic E-state index is -0.181. The first-order valence-electron chi connectivity index (χ1n) is 5.62. The first kappa shape index (κ1) is 14.4. The molecule has 100 valence electrons. The number of hydrogen-bond acceptors (Lipinski definition) is 2. The number of carbonyl (C=O) groups is 1. The van der Waals surface area contributed by atoms with Crippen LogP contribution in [0, 0.1) is 0 Å². The lowest BCUT2D eigenvalue weighted by atomic mass is 10.2. The number of nitrogens with one attached hydrogen (secondary N) is 2. The van der Waals surface area contributed by atoms with Crippen molar-refractivity contribution in [2.24, 2.45) is 0 Å². The summed E-state index contributed by atoms with van der Waals surface area (Å²) in [5, 5.41) is 8.28. The molecule has 0 spiro atoms. The van der Waals surface area contributed by atoms with Gasteiger partial charge in [0.1, 0.15) is 0 Å². The average molecular weight is 360 g/mol. The van der Waals surface area contributed by atoms with E-state index in [0.717, 1.165) is 14.9 Å². The van der Waals surface area contributed by atoms with Gasteiger partial charge in [-0.3, -0.25) is 0 Å². The van der Waals surface area contributed by atoms with Crippen molar-refractivity contribution in [1.82, 2.24) is 10.6 Å². The average Bonchev–Trinajstić information content (AvgIpc) is 2.81. The Balaban J connectivity index is 1.74. The lowest BCUT2D eigenvalue weighted by Gasteiger charge is -2.06. The van der Waals surface area contributed by atoms with Gasteiger partial charge in [-0.1, -0.05) is 23.7 Å². The fourth-order valence-corrected chi connectivity index (χ4v) is 2.98. The minimum Gasteiger partial charge on any atom is -0.334 e. The van der Waals surface area contributed by atoms with Crippen LogP contribution in [0.5, 0.6) is 0 Å². The maximum Gasteiger partial charge on any atom is 0.315 e. The molecule has 2 aromatic rings. The van der Waals surface area contributed by atoms with Gasteiger partial charge < -0.3 is 10.6 Å². The zero-order valence-corrected chi connectivity index (χ0v) is 13.1. The summed E-state index contributed by atoms with van der Waals surface area (Å²) in [6.07, 6.45) is 0. The van der Waals surface area contributed by atoms with Gasteiger partial charge in [-0.25, -0.2) is 4.79 Å². The zero-order chi connectivity index (χ0) is 13.7. The predicted octanol–water partition coefficient (Wildman–Crippen LogP) is 4.16. The van der Waals surface area contributed by atoms with Crippen molar-refractivity contribution < 1.29 is 4.79 Å². The molecule has 2 rings (SSSR count). The van der Waals surface area contributed by atoms with Crippen LogP contribution in [-0.4, -0.2) is 6.03 Å². The highest BCUT2D eigenvalue weighted by Gasteiger charge is 2.02. The van der Waals surface area contributed by atoms with Crippen molar-refractivity contribution in [3.63, 3.8) is 0 Å². The van der Waals surface area contributed by atoms with Crippen molar-refractivity contribution in [2.45, 2.75) is 13.1 Å². The molecule has 0 aliphatic heterocycles. The fraction of sp³-hybridized carbons (Fsp3) is 0.154. The topological polar surface area (TPSA) is 41.1 Å². The monoisotopic (exact) mass is 358 g/mol. The van der Waals surface area contributed by atoms with Gasteiger partial charge in [0, 0.05) is 26.3 Å². The van der Waals surface area contributed by atoms with E-state index >= 15 is 0 Å². The number of benzene rings is 1. The minimum absolute atomic E-state index is 0.181. The molecular formula is C13H12BrClN2OS. The molecule has 3 nitrogen and oxygen atoms in total. The van der Waals surface area contributed by atoms with Gasteiger partial charge in [0.15, 0.2) is 0 Å². The molecule has 1 aromatic heterocycles.